The van der Waals surface area contributed by atoms with Crippen molar-refractivity contribution in [2.45, 2.75) is 26.4 Å². The molecular formula is C26H24BrClN2O4. The fourth-order valence-corrected chi connectivity index (χ4v) is 5.89. The zero-order valence-electron chi connectivity index (χ0n) is 18.6. The van der Waals surface area contributed by atoms with Crippen molar-refractivity contribution in [1.82, 2.24) is 5.01 Å². The summed E-state index contributed by atoms with van der Waals surface area (Å²) < 4.78 is 12.5. The van der Waals surface area contributed by atoms with Gasteiger partial charge in [-0.15, -0.1) is 0 Å². The van der Waals surface area contributed by atoms with Crippen molar-refractivity contribution in [3.05, 3.63) is 69.2 Å². The van der Waals surface area contributed by atoms with Crippen LogP contribution < -0.4 is 9.47 Å². The van der Waals surface area contributed by atoms with Gasteiger partial charge in [0, 0.05) is 10.6 Å². The fraction of sp³-hybridized carbons (Fsp3) is 0.346. The molecule has 1 heterocycles. The molecule has 6 nitrogen and oxygen atoms in total. The fourth-order valence-electron chi connectivity index (χ4n) is 5.13. The van der Waals surface area contributed by atoms with Crippen LogP contribution >= 0.6 is 27.5 Å². The van der Waals surface area contributed by atoms with Crippen LogP contribution in [0.2, 0.25) is 5.02 Å². The van der Waals surface area contributed by atoms with E-state index in [2.05, 4.69) is 33.2 Å². The molecule has 34 heavy (non-hydrogen) atoms. The molecule has 4 aliphatic rings. The average Bonchev–Trinajstić information content (AvgIpc) is 3.11. The Morgan fingerprint density at radius 1 is 1.09 bits per heavy atom. The number of allylic oxidation sites excluding steroid dienone is 2. The third kappa shape index (κ3) is 4.16. The second-order valence-electron chi connectivity index (χ2n) is 8.72. The maximum Gasteiger partial charge on any atom is 0.254 e. The molecule has 1 saturated heterocycles. The first-order valence-electron chi connectivity index (χ1n) is 11.4. The van der Waals surface area contributed by atoms with Gasteiger partial charge in [0.15, 0.2) is 11.5 Å². The maximum absolute atomic E-state index is 13.0. The summed E-state index contributed by atoms with van der Waals surface area (Å²) in [5, 5.41) is 5.99. The molecule has 2 fully saturated rings. The summed E-state index contributed by atoms with van der Waals surface area (Å²) >= 11 is 9.80. The Bertz CT molecular complexity index is 1170. The highest BCUT2D eigenvalue weighted by Gasteiger charge is 2.56. The normalized spacial score (nSPS) is 25.3. The van der Waals surface area contributed by atoms with E-state index in [0.29, 0.717) is 33.2 Å². The van der Waals surface area contributed by atoms with Crippen molar-refractivity contribution >= 4 is 45.6 Å². The Morgan fingerprint density at radius 3 is 2.38 bits per heavy atom. The molecular weight excluding hydrogens is 520 g/mol. The van der Waals surface area contributed by atoms with Gasteiger partial charge >= 0.3 is 0 Å². The van der Waals surface area contributed by atoms with Crippen LogP contribution in [0, 0.1) is 23.7 Å². The van der Waals surface area contributed by atoms with E-state index in [1.165, 1.54) is 6.21 Å². The number of hydrazone groups is 1. The van der Waals surface area contributed by atoms with E-state index >= 15 is 0 Å². The van der Waals surface area contributed by atoms with Gasteiger partial charge in [-0.1, -0.05) is 42.0 Å². The van der Waals surface area contributed by atoms with E-state index in [-0.39, 0.29) is 42.1 Å². The highest BCUT2D eigenvalue weighted by Crippen LogP contribution is 2.49. The third-order valence-corrected chi connectivity index (χ3v) is 7.68. The molecule has 0 N–H and O–H groups in total. The molecule has 4 atom stereocenters. The summed E-state index contributed by atoms with van der Waals surface area (Å²) in [4.78, 5) is 26.0. The number of rotatable bonds is 7. The van der Waals surface area contributed by atoms with Crippen molar-refractivity contribution in [2.75, 3.05) is 6.61 Å². The average molecular weight is 544 g/mol. The first-order valence-corrected chi connectivity index (χ1v) is 12.6. The lowest BCUT2D eigenvalue weighted by atomic mass is 9.63. The molecule has 2 aromatic rings. The molecule has 2 amide bonds. The summed E-state index contributed by atoms with van der Waals surface area (Å²) in [6.07, 6.45) is 7.63. The van der Waals surface area contributed by atoms with Gasteiger partial charge in [0.25, 0.3) is 11.8 Å². The third-order valence-electron chi connectivity index (χ3n) is 6.72. The molecule has 2 aromatic carbocycles. The van der Waals surface area contributed by atoms with Gasteiger partial charge in [-0.25, -0.2) is 0 Å². The number of carbonyl (C=O) groups is 2. The predicted octanol–water partition coefficient (Wildman–Crippen LogP) is 5.61. The summed E-state index contributed by atoms with van der Waals surface area (Å²) in [6, 6.07) is 11.1. The van der Waals surface area contributed by atoms with Gasteiger partial charge in [0.1, 0.15) is 6.61 Å². The Hall–Kier alpha value is -2.64. The van der Waals surface area contributed by atoms with Gasteiger partial charge in [-0.2, -0.15) is 10.1 Å². The highest BCUT2D eigenvalue weighted by molar-refractivity contribution is 9.10. The number of ether oxygens (including phenoxy) is 2. The Labute approximate surface area is 211 Å². The zero-order chi connectivity index (χ0) is 23.8. The van der Waals surface area contributed by atoms with Crippen molar-refractivity contribution < 1.29 is 19.1 Å². The molecule has 0 aromatic heterocycles. The molecule has 6 rings (SSSR count). The summed E-state index contributed by atoms with van der Waals surface area (Å²) in [6.45, 7) is 2.61. The molecule has 176 valence electrons. The molecule has 8 heteroatoms. The Balaban J connectivity index is 1.36. The van der Waals surface area contributed by atoms with Crippen molar-refractivity contribution in [2.24, 2.45) is 28.8 Å². The van der Waals surface area contributed by atoms with Crippen molar-refractivity contribution in [1.29, 1.82) is 0 Å². The first kappa shape index (κ1) is 23.1. The van der Waals surface area contributed by atoms with Gasteiger partial charge < -0.3 is 9.47 Å². The number of nitrogens with zero attached hydrogens (tertiary/aromatic N) is 2. The number of carbonyl (C=O) groups excluding carboxylic acids is 2. The van der Waals surface area contributed by atoms with Gasteiger partial charge in [0.05, 0.1) is 29.1 Å². The minimum Gasteiger partial charge on any atom is -0.490 e. The lowest BCUT2D eigenvalue weighted by molar-refractivity contribution is -0.140. The number of imide groups is 1. The second-order valence-corrected chi connectivity index (χ2v) is 9.98. The monoisotopic (exact) mass is 542 g/mol. The van der Waals surface area contributed by atoms with E-state index in [0.717, 1.165) is 23.4 Å². The van der Waals surface area contributed by atoms with Crippen LogP contribution in [-0.4, -0.2) is 29.6 Å². The maximum atomic E-state index is 13.0. The lowest BCUT2D eigenvalue weighted by Crippen LogP contribution is -2.38. The topological polar surface area (TPSA) is 68.2 Å². The summed E-state index contributed by atoms with van der Waals surface area (Å²) in [5.41, 5.74) is 1.54. The van der Waals surface area contributed by atoms with Gasteiger partial charge in [-0.05, 0) is 71.3 Å². The van der Waals surface area contributed by atoms with E-state index < -0.39 is 0 Å². The standard InChI is InChI=1S/C26H24BrClN2O4/c1-2-33-21-12-15(11-19(27)24(21)34-14-18-5-3-4-6-20(18)28)13-29-30-25(31)22-16-7-8-17(10-9-16)23(22)26(30)32/h3-8,11-13,16-17,22-23H,2,9-10,14H2,1H3/b29-13+. The van der Waals surface area contributed by atoms with Crippen LogP contribution in [0.25, 0.3) is 0 Å². The number of amides is 2. The van der Waals surface area contributed by atoms with Crippen molar-refractivity contribution in [3.63, 3.8) is 0 Å². The second kappa shape index (κ2) is 9.55. The summed E-state index contributed by atoms with van der Waals surface area (Å²) in [5.74, 6) is 0.392. The zero-order valence-corrected chi connectivity index (χ0v) is 21.0. The van der Waals surface area contributed by atoms with E-state index in [4.69, 9.17) is 21.1 Å². The summed E-state index contributed by atoms with van der Waals surface area (Å²) in [7, 11) is 0. The van der Waals surface area contributed by atoms with Crippen LogP contribution in [0.3, 0.4) is 0 Å². The van der Waals surface area contributed by atoms with E-state index in [9.17, 15) is 9.59 Å². The Morgan fingerprint density at radius 2 is 1.76 bits per heavy atom. The van der Waals surface area contributed by atoms with Crippen molar-refractivity contribution in [3.8, 4) is 11.5 Å². The van der Waals surface area contributed by atoms with Crippen LogP contribution in [0.4, 0.5) is 0 Å². The van der Waals surface area contributed by atoms with Crippen LogP contribution in [0.5, 0.6) is 11.5 Å². The molecule has 0 spiro atoms. The molecule has 0 radical (unpaired) electrons. The highest BCUT2D eigenvalue weighted by atomic mass is 79.9. The molecule has 1 saturated carbocycles. The van der Waals surface area contributed by atoms with Gasteiger partial charge in [0.2, 0.25) is 0 Å². The predicted molar refractivity (Wildman–Crippen MR) is 133 cm³/mol. The molecule has 2 bridgehead atoms. The SMILES string of the molecule is CCOc1cc(/C=N/N2C(=O)C3C4C=CC(CC4)C3C2=O)cc(Br)c1OCc1ccccc1Cl. The minimum atomic E-state index is -0.278. The number of hydrogen-bond acceptors (Lipinski definition) is 5. The quantitative estimate of drug-likeness (QED) is 0.259. The molecule has 1 aliphatic heterocycles. The van der Waals surface area contributed by atoms with Crippen LogP contribution in [0.15, 0.2) is 58.1 Å². The number of hydrogen-bond donors (Lipinski definition) is 0. The van der Waals surface area contributed by atoms with Crippen LogP contribution in [0.1, 0.15) is 30.9 Å². The first-order chi connectivity index (χ1) is 16.5. The van der Waals surface area contributed by atoms with Gasteiger partial charge in [-0.3, -0.25) is 9.59 Å². The van der Waals surface area contributed by atoms with E-state index in [1.54, 1.807) is 6.07 Å². The van der Waals surface area contributed by atoms with Crippen LogP contribution in [-0.2, 0) is 16.2 Å². The lowest BCUT2D eigenvalue weighted by Gasteiger charge is -2.37. The number of fused-ring (bicyclic) bond motifs is 1. The van der Waals surface area contributed by atoms with E-state index in [1.807, 2.05) is 37.3 Å². The molecule has 4 unspecified atom stereocenters. The Kier molecular flexibility index (Phi) is 6.49. The minimum absolute atomic E-state index is 0.139. The smallest absolute Gasteiger partial charge is 0.254 e. The number of halogens is 2. The largest absolute Gasteiger partial charge is 0.490 e. The molecule has 3 aliphatic carbocycles. The number of benzene rings is 2.